The Morgan fingerprint density at radius 1 is 0.886 bits per heavy atom. The maximum atomic E-state index is 13.6. The molecule has 0 saturated carbocycles. The quantitative estimate of drug-likeness (QED) is 0.398. The lowest BCUT2D eigenvalue weighted by Gasteiger charge is -2.28. The molecule has 0 spiro atoms. The lowest BCUT2D eigenvalue weighted by atomic mass is 10.1. The lowest BCUT2D eigenvalue weighted by Crippen LogP contribution is -2.44. The number of aromatic nitrogens is 1. The fraction of sp³-hybridized carbons (Fsp3) is 0.333. The van der Waals surface area contributed by atoms with E-state index in [9.17, 15) is 9.59 Å². The first kappa shape index (κ1) is 25.8. The summed E-state index contributed by atoms with van der Waals surface area (Å²) in [5, 5.41) is 0. The van der Waals surface area contributed by atoms with Crippen molar-refractivity contribution in [3.63, 3.8) is 0 Å². The summed E-state index contributed by atoms with van der Waals surface area (Å²) < 4.78 is 17.9. The van der Waals surface area contributed by atoms with Gasteiger partial charge in [-0.15, -0.1) is 0 Å². The summed E-state index contributed by atoms with van der Waals surface area (Å²) in [4.78, 5) is 30.3. The van der Waals surface area contributed by atoms with Crippen molar-refractivity contribution in [1.29, 1.82) is 0 Å². The molecule has 0 atom stereocenters. The fourth-order valence-corrected chi connectivity index (χ4v) is 3.76. The van der Waals surface area contributed by atoms with Gasteiger partial charge in [-0.05, 0) is 29.8 Å². The van der Waals surface area contributed by atoms with Crippen molar-refractivity contribution in [3.05, 3.63) is 83.7 Å². The number of rotatable bonds is 12. The monoisotopic (exact) mass is 479 g/mol. The molecular weight excluding hydrogens is 446 g/mol. The molecule has 0 aliphatic heterocycles. The second kappa shape index (κ2) is 12.6. The Bertz CT molecular complexity index is 1110. The van der Waals surface area contributed by atoms with Gasteiger partial charge in [0.1, 0.15) is 18.0 Å². The van der Waals surface area contributed by atoms with E-state index in [1.54, 1.807) is 37.3 Å². The molecule has 0 aliphatic rings. The Balaban J connectivity index is 1.85. The molecule has 0 fully saturated rings. The highest BCUT2D eigenvalue weighted by atomic mass is 16.5. The molecule has 0 radical (unpaired) electrons. The number of amides is 2. The van der Waals surface area contributed by atoms with Gasteiger partial charge in [-0.2, -0.15) is 0 Å². The fourth-order valence-electron chi connectivity index (χ4n) is 3.76. The van der Waals surface area contributed by atoms with Crippen LogP contribution in [0.5, 0.6) is 11.5 Å². The summed E-state index contributed by atoms with van der Waals surface area (Å²) in [6.07, 6.45) is 1.95. The van der Waals surface area contributed by atoms with Crippen LogP contribution in [-0.2, 0) is 29.7 Å². The molecule has 0 unspecified atom stereocenters. The van der Waals surface area contributed by atoms with E-state index in [4.69, 9.17) is 14.2 Å². The molecule has 186 valence electrons. The van der Waals surface area contributed by atoms with Crippen LogP contribution in [0.4, 0.5) is 0 Å². The third kappa shape index (κ3) is 6.86. The summed E-state index contributed by atoms with van der Waals surface area (Å²) in [6, 6.07) is 18.8. The van der Waals surface area contributed by atoms with Crippen LogP contribution < -0.4 is 9.47 Å². The number of methoxy groups -OCH3 is 3. The van der Waals surface area contributed by atoms with Gasteiger partial charge < -0.3 is 28.6 Å². The van der Waals surface area contributed by atoms with Crippen molar-refractivity contribution < 1.29 is 23.8 Å². The van der Waals surface area contributed by atoms with E-state index in [0.717, 1.165) is 11.3 Å². The van der Waals surface area contributed by atoms with Crippen LogP contribution in [0.25, 0.3) is 0 Å². The molecule has 0 bridgehead atoms. The SMILES string of the molecule is COCCN(CC(=O)N(Cc1ccccc1)Cc1cccn1C)C(=O)c1ccc(OC)cc1OC. The lowest BCUT2D eigenvalue weighted by molar-refractivity contribution is -0.133. The van der Waals surface area contributed by atoms with Gasteiger partial charge in [-0.1, -0.05) is 30.3 Å². The van der Waals surface area contributed by atoms with E-state index >= 15 is 0 Å². The maximum absolute atomic E-state index is 13.6. The third-order valence-electron chi connectivity index (χ3n) is 5.79. The standard InChI is InChI=1S/C27H33N3O5/c1-28-14-8-11-22(28)19-30(18-21-9-6-5-7-10-21)26(31)20-29(15-16-33-2)27(32)24-13-12-23(34-3)17-25(24)35-4/h5-14,17H,15-16,18-20H2,1-4H3. The number of carbonyl (C=O) groups is 2. The molecule has 3 rings (SSSR count). The zero-order valence-electron chi connectivity index (χ0n) is 20.8. The smallest absolute Gasteiger partial charge is 0.258 e. The summed E-state index contributed by atoms with van der Waals surface area (Å²) in [6.45, 7) is 1.33. The van der Waals surface area contributed by atoms with Gasteiger partial charge in [0.15, 0.2) is 0 Å². The van der Waals surface area contributed by atoms with E-state index in [1.807, 2.05) is 60.3 Å². The number of carbonyl (C=O) groups excluding carboxylic acids is 2. The van der Waals surface area contributed by atoms with Gasteiger partial charge in [-0.25, -0.2) is 0 Å². The van der Waals surface area contributed by atoms with Gasteiger partial charge in [-0.3, -0.25) is 9.59 Å². The molecule has 1 heterocycles. The van der Waals surface area contributed by atoms with Crippen molar-refractivity contribution in [2.45, 2.75) is 13.1 Å². The van der Waals surface area contributed by atoms with Gasteiger partial charge in [0.25, 0.3) is 5.91 Å². The van der Waals surface area contributed by atoms with E-state index < -0.39 is 0 Å². The van der Waals surface area contributed by atoms with Crippen molar-refractivity contribution >= 4 is 11.8 Å². The summed E-state index contributed by atoms with van der Waals surface area (Å²) >= 11 is 0. The Labute approximate surface area is 206 Å². The van der Waals surface area contributed by atoms with E-state index in [1.165, 1.54) is 12.0 Å². The minimum absolute atomic E-state index is 0.0887. The topological polar surface area (TPSA) is 73.2 Å². The van der Waals surface area contributed by atoms with Gasteiger partial charge in [0.2, 0.25) is 5.91 Å². The van der Waals surface area contributed by atoms with Crippen molar-refractivity contribution in [1.82, 2.24) is 14.4 Å². The van der Waals surface area contributed by atoms with Crippen LogP contribution >= 0.6 is 0 Å². The molecule has 0 N–H and O–H groups in total. The average Bonchev–Trinajstić information content (AvgIpc) is 3.29. The molecule has 35 heavy (non-hydrogen) atoms. The highest BCUT2D eigenvalue weighted by molar-refractivity contribution is 5.99. The summed E-state index contributed by atoms with van der Waals surface area (Å²) in [5.41, 5.74) is 2.37. The Morgan fingerprint density at radius 3 is 2.29 bits per heavy atom. The summed E-state index contributed by atoms with van der Waals surface area (Å²) in [5.74, 6) is 0.490. The minimum Gasteiger partial charge on any atom is -0.497 e. The minimum atomic E-state index is -0.312. The molecule has 2 amide bonds. The van der Waals surface area contributed by atoms with Crippen LogP contribution in [0, 0.1) is 0 Å². The second-order valence-electron chi connectivity index (χ2n) is 8.13. The first-order valence-electron chi connectivity index (χ1n) is 11.4. The first-order valence-corrected chi connectivity index (χ1v) is 11.4. The van der Waals surface area contributed by atoms with E-state index in [-0.39, 0.29) is 24.9 Å². The number of hydrogen-bond acceptors (Lipinski definition) is 5. The Hall–Kier alpha value is -3.78. The number of aryl methyl sites for hydroxylation is 1. The predicted octanol–water partition coefficient (Wildman–Crippen LogP) is 3.36. The van der Waals surface area contributed by atoms with Crippen molar-refractivity contribution in [3.8, 4) is 11.5 Å². The molecule has 1 aromatic heterocycles. The molecule has 2 aromatic carbocycles. The zero-order chi connectivity index (χ0) is 25.2. The molecule has 8 heteroatoms. The van der Waals surface area contributed by atoms with Gasteiger partial charge in [0, 0.05) is 45.2 Å². The predicted molar refractivity (Wildman–Crippen MR) is 133 cm³/mol. The highest BCUT2D eigenvalue weighted by Gasteiger charge is 2.25. The molecular formula is C27H33N3O5. The van der Waals surface area contributed by atoms with Crippen LogP contribution in [0.3, 0.4) is 0 Å². The molecule has 0 saturated heterocycles. The number of ether oxygens (including phenoxy) is 3. The molecule has 3 aromatic rings. The Morgan fingerprint density at radius 2 is 1.66 bits per heavy atom. The molecule has 8 nitrogen and oxygen atoms in total. The van der Waals surface area contributed by atoms with Crippen LogP contribution in [-0.4, -0.2) is 67.2 Å². The number of nitrogens with zero attached hydrogens (tertiary/aromatic N) is 3. The average molecular weight is 480 g/mol. The molecule has 0 aliphatic carbocycles. The highest BCUT2D eigenvalue weighted by Crippen LogP contribution is 2.26. The van der Waals surface area contributed by atoms with E-state index in [0.29, 0.717) is 36.8 Å². The second-order valence-corrected chi connectivity index (χ2v) is 8.13. The van der Waals surface area contributed by atoms with Crippen LogP contribution in [0.2, 0.25) is 0 Å². The van der Waals surface area contributed by atoms with Gasteiger partial charge in [0.05, 0.1) is 32.9 Å². The normalized spacial score (nSPS) is 10.6. The van der Waals surface area contributed by atoms with E-state index in [2.05, 4.69) is 0 Å². The van der Waals surface area contributed by atoms with Gasteiger partial charge >= 0.3 is 0 Å². The van der Waals surface area contributed by atoms with Crippen LogP contribution in [0.15, 0.2) is 66.9 Å². The zero-order valence-corrected chi connectivity index (χ0v) is 20.8. The number of hydrogen-bond donors (Lipinski definition) is 0. The maximum Gasteiger partial charge on any atom is 0.258 e. The summed E-state index contributed by atoms with van der Waals surface area (Å²) in [7, 11) is 6.56. The van der Waals surface area contributed by atoms with Crippen molar-refractivity contribution in [2.24, 2.45) is 7.05 Å². The first-order chi connectivity index (χ1) is 17.0. The third-order valence-corrected chi connectivity index (χ3v) is 5.79. The number of benzene rings is 2. The largest absolute Gasteiger partial charge is 0.497 e. The van der Waals surface area contributed by atoms with Crippen LogP contribution in [0.1, 0.15) is 21.6 Å². The Kier molecular flexibility index (Phi) is 9.31. The van der Waals surface area contributed by atoms with Crippen molar-refractivity contribution in [2.75, 3.05) is 41.0 Å².